The van der Waals surface area contributed by atoms with E-state index >= 15 is 0 Å². The van der Waals surface area contributed by atoms with Gasteiger partial charge in [-0.3, -0.25) is 0 Å². The number of rotatable bonds is 8. The number of aliphatic hydroxyl groups excluding tert-OH is 1. The molecule has 0 bridgehead atoms. The molecule has 2 aromatic rings. The van der Waals surface area contributed by atoms with Crippen LogP contribution in [0.25, 0.3) is 0 Å². The van der Waals surface area contributed by atoms with Gasteiger partial charge in [0.05, 0.1) is 12.1 Å². The van der Waals surface area contributed by atoms with Gasteiger partial charge < -0.3 is 19.9 Å². The summed E-state index contributed by atoms with van der Waals surface area (Å²) in [6.45, 7) is 9.05. The normalized spacial score (nSPS) is 13.4. The van der Waals surface area contributed by atoms with Gasteiger partial charge in [0.25, 0.3) is 0 Å². The lowest BCUT2D eigenvalue weighted by Gasteiger charge is -2.30. The number of benzene rings is 2. The fourth-order valence-corrected chi connectivity index (χ4v) is 3.27. The molecule has 0 aliphatic rings. The van der Waals surface area contributed by atoms with E-state index in [9.17, 15) is 9.90 Å². The number of aliphatic hydroxyl groups is 1. The Balaban J connectivity index is 1.92. The van der Waals surface area contributed by atoms with E-state index in [2.05, 4.69) is 5.32 Å². The Morgan fingerprint density at radius 1 is 1.10 bits per heavy atom. The zero-order valence-corrected chi connectivity index (χ0v) is 19.2. The first-order valence-corrected chi connectivity index (χ1v) is 10.5. The predicted molar refractivity (Wildman–Crippen MR) is 121 cm³/mol. The second-order valence-electron chi connectivity index (χ2n) is 8.87. The standard InChI is InChI=1S/C24H32ClNO4/c1-17-8-6-10-19(14-17)29-20-12-11-18(21(25)15-20)9-7-13-24(5,16-27)26-22(28)30-23(2,3)4/h6,8,10-12,14-15,27H,7,9,13,16H2,1-5H3,(H,26,28). The Labute approximate surface area is 184 Å². The fraction of sp³-hybridized carbons (Fsp3) is 0.458. The molecule has 2 rings (SSSR count). The largest absolute Gasteiger partial charge is 0.457 e. The third-order valence-corrected chi connectivity index (χ3v) is 4.93. The molecule has 0 radical (unpaired) electrons. The number of hydrogen-bond acceptors (Lipinski definition) is 4. The van der Waals surface area contributed by atoms with Crippen LogP contribution >= 0.6 is 11.6 Å². The average Bonchev–Trinajstić information content (AvgIpc) is 2.62. The van der Waals surface area contributed by atoms with E-state index in [1.165, 1.54) is 0 Å². The molecule has 0 spiro atoms. The van der Waals surface area contributed by atoms with Gasteiger partial charge in [0.1, 0.15) is 17.1 Å². The molecule has 0 saturated heterocycles. The molecule has 2 N–H and O–H groups in total. The molecule has 5 nitrogen and oxygen atoms in total. The van der Waals surface area contributed by atoms with Crippen LogP contribution < -0.4 is 10.1 Å². The van der Waals surface area contributed by atoms with Crippen molar-refractivity contribution in [2.45, 2.75) is 65.0 Å². The molecule has 0 aromatic heterocycles. The van der Waals surface area contributed by atoms with Crippen LogP contribution in [0.3, 0.4) is 0 Å². The summed E-state index contributed by atoms with van der Waals surface area (Å²) in [6, 6.07) is 13.5. The van der Waals surface area contributed by atoms with Crippen molar-refractivity contribution in [3.63, 3.8) is 0 Å². The number of hydrogen-bond donors (Lipinski definition) is 2. The maximum atomic E-state index is 12.0. The van der Waals surface area contributed by atoms with Gasteiger partial charge >= 0.3 is 6.09 Å². The highest BCUT2D eigenvalue weighted by Gasteiger charge is 2.28. The Morgan fingerprint density at radius 3 is 2.40 bits per heavy atom. The van der Waals surface area contributed by atoms with E-state index < -0.39 is 17.2 Å². The van der Waals surface area contributed by atoms with Crippen LogP contribution in [-0.4, -0.2) is 28.9 Å². The quantitative estimate of drug-likeness (QED) is 0.532. The highest BCUT2D eigenvalue weighted by molar-refractivity contribution is 6.31. The van der Waals surface area contributed by atoms with Gasteiger partial charge in [-0.15, -0.1) is 0 Å². The molecule has 6 heteroatoms. The van der Waals surface area contributed by atoms with Crippen LogP contribution in [0.2, 0.25) is 5.02 Å². The summed E-state index contributed by atoms with van der Waals surface area (Å²) >= 11 is 6.45. The minimum Gasteiger partial charge on any atom is -0.457 e. The van der Waals surface area contributed by atoms with Crippen LogP contribution in [0, 0.1) is 6.92 Å². The van der Waals surface area contributed by atoms with Crippen molar-refractivity contribution in [3.8, 4) is 11.5 Å². The first-order chi connectivity index (χ1) is 14.0. The Morgan fingerprint density at radius 2 is 1.80 bits per heavy atom. The molecule has 1 unspecified atom stereocenters. The number of carbonyl (C=O) groups excluding carboxylic acids is 1. The Kier molecular flexibility index (Phi) is 8.16. The van der Waals surface area contributed by atoms with Crippen molar-refractivity contribution in [2.24, 2.45) is 0 Å². The highest BCUT2D eigenvalue weighted by atomic mass is 35.5. The van der Waals surface area contributed by atoms with Crippen molar-refractivity contribution < 1.29 is 19.4 Å². The van der Waals surface area contributed by atoms with Crippen molar-refractivity contribution in [1.29, 1.82) is 0 Å². The van der Waals surface area contributed by atoms with Crippen molar-refractivity contribution in [2.75, 3.05) is 6.61 Å². The number of amides is 1. The second-order valence-corrected chi connectivity index (χ2v) is 9.28. The van der Waals surface area contributed by atoms with Crippen LogP contribution in [0.1, 0.15) is 51.7 Å². The summed E-state index contributed by atoms with van der Waals surface area (Å²) < 4.78 is 11.2. The van der Waals surface area contributed by atoms with E-state index in [1.54, 1.807) is 27.7 Å². The Bertz CT molecular complexity index is 863. The molecule has 0 heterocycles. The molecule has 1 atom stereocenters. The third kappa shape index (κ3) is 7.88. The van der Waals surface area contributed by atoms with E-state index in [0.29, 0.717) is 17.2 Å². The molecule has 164 valence electrons. The lowest BCUT2D eigenvalue weighted by Crippen LogP contribution is -2.50. The number of alkyl carbamates (subject to hydrolysis) is 1. The van der Waals surface area contributed by atoms with E-state index in [1.807, 2.05) is 49.4 Å². The number of aryl methyl sites for hydroxylation is 2. The Hall–Kier alpha value is -2.24. The topological polar surface area (TPSA) is 67.8 Å². The monoisotopic (exact) mass is 433 g/mol. The van der Waals surface area contributed by atoms with Gasteiger partial charge in [-0.1, -0.05) is 29.8 Å². The van der Waals surface area contributed by atoms with Crippen LogP contribution in [0.15, 0.2) is 42.5 Å². The summed E-state index contributed by atoms with van der Waals surface area (Å²) in [5.74, 6) is 1.45. The number of ether oxygens (including phenoxy) is 2. The molecule has 0 aliphatic heterocycles. The lowest BCUT2D eigenvalue weighted by atomic mass is 9.94. The molecule has 0 aliphatic carbocycles. The maximum Gasteiger partial charge on any atom is 0.408 e. The van der Waals surface area contributed by atoms with E-state index in [0.717, 1.165) is 29.7 Å². The van der Waals surface area contributed by atoms with Gasteiger partial charge in [0.15, 0.2) is 0 Å². The summed E-state index contributed by atoms with van der Waals surface area (Å²) in [7, 11) is 0. The minimum absolute atomic E-state index is 0.177. The molecule has 0 fully saturated rings. The zero-order valence-electron chi connectivity index (χ0n) is 18.4. The van der Waals surface area contributed by atoms with Gasteiger partial charge in [0, 0.05) is 5.02 Å². The van der Waals surface area contributed by atoms with Crippen LogP contribution in [0.4, 0.5) is 4.79 Å². The van der Waals surface area contributed by atoms with Gasteiger partial charge in [-0.25, -0.2) is 4.79 Å². The number of halogens is 1. The first-order valence-electron chi connectivity index (χ1n) is 10.1. The molecule has 2 aromatic carbocycles. The van der Waals surface area contributed by atoms with Gasteiger partial charge in [-0.2, -0.15) is 0 Å². The lowest BCUT2D eigenvalue weighted by molar-refractivity contribution is 0.0404. The van der Waals surface area contributed by atoms with Crippen LogP contribution in [0.5, 0.6) is 11.5 Å². The maximum absolute atomic E-state index is 12.0. The summed E-state index contributed by atoms with van der Waals surface area (Å²) in [6.07, 6.45) is 1.51. The molecule has 1 amide bonds. The summed E-state index contributed by atoms with van der Waals surface area (Å²) in [4.78, 5) is 12.0. The fourth-order valence-electron chi connectivity index (χ4n) is 3.01. The number of nitrogens with one attached hydrogen (secondary N) is 1. The van der Waals surface area contributed by atoms with Crippen molar-refractivity contribution >= 4 is 17.7 Å². The van der Waals surface area contributed by atoms with Crippen molar-refractivity contribution in [3.05, 3.63) is 58.6 Å². The molecular weight excluding hydrogens is 402 g/mol. The van der Waals surface area contributed by atoms with E-state index in [4.69, 9.17) is 21.1 Å². The van der Waals surface area contributed by atoms with E-state index in [-0.39, 0.29) is 6.61 Å². The first kappa shape index (κ1) is 24.0. The van der Waals surface area contributed by atoms with Crippen LogP contribution in [-0.2, 0) is 11.2 Å². The minimum atomic E-state index is -0.761. The third-order valence-electron chi connectivity index (χ3n) is 4.58. The van der Waals surface area contributed by atoms with Gasteiger partial charge in [0.2, 0.25) is 0 Å². The SMILES string of the molecule is Cc1cccc(Oc2ccc(CCCC(C)(CO)NC(=O)OC(C)(C)C)c(Cl)c2)c1. The summed E-state index contributed by atoms with van der Waals surface area (Å²) in [5, 5.41) is 13.2. The van der Waals surface area contributed by atoms with Gasteiger partial charge in [-0.05, 0) is 89.3 Å². The highest BCUT2D eigenvalue weighted by Crippen LogP contribution is 2.28. The molecule has 0 saturated carbocycles. The smallest absolute Gasteiger partial charge is 0.408 e. The molecular formula is C24H32ClNO4. The second kappa shape index (κ2) is 10.2. The van der Waals surface area contributed by atoms with Crippen molar-refractivity contribution in [1.82, 2.24) is 5.32 Å². The number of carbonyl (C=O) groups is 1. The molecule has 30 heavy (non-hydrogen) atoms. The predicted octanol–water partition coefficient (Wildman–Crippen LogP) is 6.04. The zero-order chi connectivity index (χ0) is 22.4. The summed E-state index contributed by atoms with van der Waals surface area (Å²) in [5.41, 5.74) is 0.771. The average molecular weight is 434 g/mol.